The molecule has 0 fully saturated rings. The minimum atomic E-state index is -4.56. The van der Waals surface area contributed by atoms with Crippen molar-refractivity contribution in [2.45, 2.75) is 6.18 Å². The average Bonchev–Trinajstić information content (AvgIpc) is 2.81. The summed E-state index contributed by atoms with van der Waals surface area (Å²) in [5, 5.41) is -0.429. The summed E-state index contributed by atoms with van der Waals surface area (Å²) in [6.07, 6.45) is -3.41. The zero-order chi connectivity index (χ0) is 14.3. The molecular formula is C13H7ClF3N3. The number of rotatable bonds is 1. The topological polar surface area (TPSA) is 41.6 Å². The molecule has 0 spiro atoms. The predicted octanol–water partition coefficient (Wildman–Crippen LogP) is 4.30. The van der Waals surface area contributed by atoms with E-state index in [0.29, 0.717) is 5.56 Å². The first kappa shape index (κ1) is 12.9. The Kier molecular flexibility index (Phi) is 2.90. The van der Waals surface area contributed by atoms with Crippen LogP contribution >= 0.6 is 11.6 Å². The first-order chi connectivity index (χ1) is 9.48. The van der Waals surface area contributed by atoms with Gasteiger partial charge in [0.1, 0.15) is 22.7 Å². The normalized spacial score (nSPS) is 12.0. The summed E-state index contributed by atoms with van der Waals surface area (Å²) < 4.78 is 39.2. The van der Waals surface area contributed by atoms with E-state index >= 15 is 0 Å². The van der Waals surface area contributed by atoms with E-state index in [1.165, 1.54) is 0 Å². The van der Waals surface area contributed by atoms with Gasteiger partial charge in [-0.15, -0.1) is 0 Å². The van der Waals surface area contributed by atoms with Crippen molar-refractivity contribution in [2.75, 3.05) is 0 Å². The van der Waals surface area contributed by atoms with Crippen molar-refractivity contribution in [3.63, 3.8) is 0 Å². The third kappa shape index (κ3) is 2.02. The zero-order valence-corrected chi connectivity index (χ0v) is 10.6. The molecule has 0 aliphatic rings. The predicted molar refractivity (Wildman–Crippen MR) is 69.3 cm³/mol. The van der Waals surface area contributed by atoms with E-state index in [0.717, 1.165) is 6.33 Å². The van der Waals surface area contributed by atoms with Gasteiger partial charge in [-0.2, -0.15) is 13.2 Å². The van der Waals surface area contributed by atoms with Crippen molar-refractivity contribution in [1.29, 1.82) is 0 Å². The van der Waals surface area contributed by atoms with E-state index in [1.807, 2.05) is 0 Å². The fourth-order valence-corrected chi connectivity index (χ4v) is 2.28. The molecule has 7 heteroatoms. The molecule has 0 saturated heterocycles. The Morgan fingerprint density at radius 1 is 1.05 bits per heavy atom. The largest absolute Gasteiger partial charge is 0.432 e. The summed E-state index contributed by atoms with van der Waals surface area (Å²) in [6, 6.07) is 8.64. The molecule has 102 valence electrons. The number of alkyl halides is 3. The van der Waals surface area contributed by atoms with E-state index in [1.54, 1.807) is 30.3 Å². The van der Waals surface area contributed by atoms with Crippen LogP contribution in [0.15, 0.2) is 36.7 Å². The van der Waals surface area contributed by atoms with Gasteiger partial charge in [0.2, 0.25) is 0 Å². The molecule has 3 aromatic rings. The first-order valence-electron chi connectivity index (χ1n) is 5.63. The maximum Gasteiger partial charge on any atom is 0.432 e. The van der Waals surface area contributed by atoms with Crippen molar-refractivity contribution in [2.24, 2.45) is 0 Å². The molecule has 0 bridgehead atoms. The van der Waals surface area contributed by atoms with Crippen LogP contribution in [0.2, 0.25) is 5.15 Å². The summed E-state index contributed by atoms with van der Waals surface area (Å²) >= 11 is 5.80. The van der Waals surface area contributed by atoms with Crippen LogP contribution < -0.4 is 0 Å². The molecule has 3 rings (SSSR count). The molecule has 2 aromatic heterocycles. The fraction of sp³-hybridized carbons (Fsp3) is 0.0769. The summed E-state index contributed by atoms with van der Waals surface area (Å²) in [7, 11) is 0. The molecule has 0 atom stereocenters. The number of aromatic nitrogens is 3. The highest BCUT2D eigenvalue weighted by Crippen LogP contribution is 2.40. The molecule has 3 nitrogen and oxygen atoms in total. The third-order valence-corrected chi connectivity index (χ3v) is 3.17. The van der Waals surface area contributed by atoms with Gasteiger partial charge in [-0.1, -0.05) is 41.9 Å². The van der Waals surface area contributed by atoms with E-state index in [4.69, 9.17) is 11.6 Å². The van der Waals surface area contributed by atoms with E-state index in [9.17, 15) is 13.2 Å². The van der Waals surface area contributed by atoms with Crippen molar-refractivity contribution < 1.29 is 13.2 Å². The molecule has 0 saturated carbocycles. The second kappa shape index (κ2) is 4.49. The number of hydrogen-bond acceptors (Lipinski definition) is 2. The van der Waals surface area contributed by atoms with Crippen molar-refractivity contribution in [3.05, 3.63) is 47.5 Å². The highest BCUT2D eigenvalue weighted by molar-refractivity contribution is 6.34. The monoisotopic (exact) mass is 297 g/mol. The van der Waals surface area contributed by atoms with Crippen LogP contribution in [0.5, 0.6) is 0 Å². The number of H-pyrrole nitrogens is 1. The van der Waals surface area contributed by atoms with Crippen LogP contribution in [-0.4, -0.2) is 15.0 Å². The van der Waals surface area contributed by atoms with Crippen LogP contribution in [0.4, 0.5) is 13.2 Å². The third-order valence-electron chi connectivity index (χ3n) is 2.88. The number of nitrogens with zero attached hydrogens (tertiary/aromatic N) is 2. The Bertz CT molecular complexity index is 766. The molecule has 1 aromatic carbocycles. The number of aromatic amines is 1. The summed E-state index contributed by atoms with van der Waals surface area (Å²) in [4.78, 5) is 9.92. The highest BCUT2D eigenvalue weighted by atomic mass is 35.5. The summed E-state index contributed by atoms with van der Waals surface area (Å²) in [5.74, 6) is 0. The number of benzene rings is 1. The highest BCUT2D eigenvalue weighted by Gasteiger charge is 2.37. The molecule has 0 aliphatic carbocycles. The molecule has 20 heavy (non-hydrogen) atoms. The molecular weight excluding hydrogens is 291 g/mol. The number of halogens is 4. The second-order valence-electron chi connectivity index (χ2n) is 4.13. The van der Waals surface area contributed by atoms with E-state index in [2.05, 4.69) is 15.0 Å². The Morgan fingerprint density at radius 2 is 1.75 bits per heavy atom. The average molecular weight is 298 g/mol. The standard InChI is InChI=1S/C13H7ClF3N3/c14-12-8-10(18-6-19-12)9(7-4-2-1-3-5-7)20-11(8)13(15,16)17/h1-6,20H. The zero-order valence-electron chi connectivity index (χ0n) is 9.87. The molecule has 0 radical (unpaired) electrons. The van der Waals surface area contributed by atoms with Gasteiger partial charge < -0.3 is 4.98 Å². The van der Waals surface area contributed by atoms with E-state index in [-0.39, 0.29) is 21.7 Å². The molecule has 2 heterocycles. The Balaban J connectivity index is 2.38. The molecule has 0 unspecified atom stereocenters. The van der Waals surface area contributed by atoms with Gasteiger partial charge in [0.15, 0.2) is 0 Å². The lowest BCUT2D eigenvalue weighted by Crippen LogP contribution is -2.06. The van der Waals surface area contributed by atoms with Gasteiger partial charge in [0.25, 0.3) is 0 Å². The smallest absolute Gasteiger partial charge is 0.349 e. The van der Waals surface area contributed by atoms with Crippen LogP contribution in [0.1, 0.15) is 5.69 Å². The van der Waals surface area contributed by atoms with Gasteiger partial charge in [-0.05, 0) is 0 Å². The van der Waals surface area contributed by atoms with Gasteiger partial charge >= 0.3 is 6.18 Å². The lowest BCUT2D eigenvalue weighted by molar-refractivity contribution is -0.139. The van der Waals surface area contributed by atoms with Crippen molar-refractivity contribution in [1.82, 2.24) is 15.0 Å². The lowest BCUT2D eigenvalue weighted by atomic mass is 10.1. The Morgan fingerprint density at radius 3 is 2.40 bits per heavy atom. The molecule has 0 aliphatic heterocycles. The van der Waals surface area contributed by atoms with Gasteiger partial charge in [-0.25, -0.2) is 9.97 Å². The fourth-order valence-electron chi connectivity index (χ4n) is 2.05. The van der Waals surface area contributed by atoms with E-state index < -0.39 is 11.9 Å². The maximum absolute atomic E-state index is 13.1. The van der Waals surface area contributed by atoms with Crippen LogP contribution in [0.25, 0.3) is 22.2 Å². The minimum absolute atomic E-state index is 0.156. The summed E-state index contributed by atoms with van der Waals surface area (Å²) in [5.41, 5.74) is 0.0977. The quantitative estimate of drug-likeness (QED) is 0.681. The van der Waals surface area contributed by atoms with Gasteiger partial charge in [-0.3, -0.25) is 0 Å². The van der Waals surface area contributed by atoms with Crippen LogP contribution in [-0.2, 0) is 6.18 Å². The van der Waals surface area contributed by atoms with Gasteiger partial charge in [0.05, 0.1) is 11.1 Å². The molecule has 0 amide bonds. The number of hydrogen-bond donors (Lipinski definition) is 1. The first-order valence-corrected chi connectivity index (χ1v) is 6.01. The van der Waals surface area contributed by atoms with Crippen molar-refractivity contribution in [3.8, 4) is 11.3 Å². The van der Waals surface area contributed by atoms with Crippen LogP contribution in [0, 0.1) is 0 Å². The van der Waals surface area contributed by atoms with Gasteiger partial charge in [0, 0.05) is 5.56 Å². The summed E-state index contributed by atoms with van der Waals surface area (Å²) in [6.45, 7) is 0. The SMILES string of the molecule is FC(F)(F)c1[nH]c(-c2ccccc2)c2ncnc(Cl)c12. The minimum Gasteiger partial charge on any atom is -0.349 e. The second-order valence-corrected chi connectivity index (χ2v) is 4.48. The van der Waals surface area contributed by atoms with Crippen molar-refractivity contribution >= 4 is 22.5 Å². The lowest BCUT2D eigenvalue weighted by Gasteiger charge is -2.04. The Labute approximate surface area is 116 Å². The number of fused-ring (bicyclic) bond motifs is 1. The maximum atomic E-state index is 13.1. The Hall–Kier alpha value is -2.08. The number of nitrogens with one attached hydrogen (secondary N) is 1. The molecule has 1 N–H and O–H groups in total. The van der Waals surface area contributed by atoms with Crippen LogP contribution in [0.3, 0.4) is 0 Å².